The van der Waals surface area contributed by atoms with E-state index in [9.17, 15) is 0 Å². The molecule has 0 fully saturated rings. The maximum absolute atomic E-state index is 3.58. The second kappa shape index (κ2) is 14.6. The van der Waals surface area contributed by atoms with Gasteiger partial charge in [-0.2, -0.15) is 0 Å². The van der Waals surface area contributed by atoms with Gasteiger partial charge in [-0.25, -0.2) is 0 Å². The molecule has 0 radical (unpaired) electrons. The molecule has 1 nitrogen and oxygen atoms in total. The van der Waals surface area contributed by atoms with Gasteiger partial charge in [-0.15, -0.1) is 11.3 Å². The summed E-state index contributed by atoms with van der Waals surface area (Å²) in [6.07, 6.45) is 16.8. The van der Waals surface area contributed by atoms with E-state index in [0.29, 0.717) is 0 Å². The number of hydrogen-bond acceptors (Lipinski definition) is 2. The second-order valence-corrected chi connectivity index (χ2v) is 7.15. The first-order valence-corrected chi connectivity index (χ1v) is 10.0. The van der Waals surface area contributed by atoms with Crippen LogP contribution in [0.5, 0.6) is 0 Å². The lowest BCUT2D eigenvalue weighted by Gasteiger charge is -2.04. The predicted molar refractivity (Wildman–Crippen MR) is 97.4 cm³/mol. The van der Waals surface area contributed by atoms with Crippen LogP contribution in [0.4, 0.5) is 0 Å². The summed E-state index contributed by atoms with van der Waals surface area (Å²) in [5.41, 5.74) is 0. The van der Waals surface area contributed by atoms with Crippen molar-refractivity contribution in [3.63, 3.8) is 0 Å². The zero-order chi connectivity index (χ0) is 15.0. The third-order valence-electron chi connectivity index (χ3n) is 4.06. The summed E-state index contributed by atoms with van der Waals surface area (Å²) in [7, 11) is 0. The number of hydrogen-bond donors (Lipinski definition) is 1. The van der Waals surface area contributed by atoms with E-state index >= 15 is 0 Å². The Kier molecular flexibility index (Phi) is 13.0. The largest absolute Gasteiger partial charge is 0.317 e. The van der Waals surface area contributed by atoms with Gasteiger partial charge in [0.1, 0.15) is 0 Å². The second-order valence-electron chi connectivity index (χ2n) is 6.11. The highest BCUT2D eigenvalue weighted by Crippen LogP contribution is 2.11. The van der Waals surface area contributed by atoms with Crippen molar-refractivity contribution in [2.45, 2.75) is 84.0 Å². The van der Waals surface area contributed by atoms with Crippen LogP contribution < -0.4 is 5.32 Å². The van der Waals surface area contributed by atoms with Crippen LogP contribution in [0.25, 0.3) is 0 Å². The Morgan fingerprint density at radius 3 is 2.05 bits per heavy atom. The molecule has 0 saturated carbocycles. The molecule has 0 atom stereocenters. The fourth-order valence-electron chi connectivity index (χ4n) is 2.70. The van der Waals surface area contributed by atoms with Crippen LogP contribution in [0.2, 0.25) is 0 Å². The van der Waals surface area contributed by atoms with Gasteiger partial charge in [0.05, 0.1) is 0 Å². The minimum Gasteiger partial charge on any atom is -0.317 e. The molecule has 0 aliphatic rings. The van der Waals surface area contributed by atoms with E-state index in [2.05, 4.69) is 29.8 Å². The fourth-order valence-corrected chi connectivity index (χ4v) is 3.46. The van der Waals surface area contributed by atoms with Gasteiger partial charge >= 0.3 is 0 Å². The molecule has 1 aromatic rings. The first-order valence-electron chi connectivity index (χ1n) is 9.16. The van der Waals surface area contributed by atoms with Crippen molar-refractivity contribution < 1.29 is 0 Å². The van der Waals surface area contributed by atoms with Crippen LogP contribution in [0, 0.1) is 0 Å². The Balaban J connectivity index is 1.69. The highest BCUT2D eigenvalue weighted by atomic mass is 32.1. The minimum atomic E-state index is 1.18. The lowest BCUT2D eigenvalue weighted by atomic mass is 10.1. The molecule has 1 heterocycles. The van der Waals surface area contributed by atoms with E-state index in [1.807, 2.05) is 11.3 Å². The van der Waals surface area contributed by atoms with Gasteiger partial charge in [-0.05, 0) is 43.8 Å². The quantitative estimate of drug-likeness (QED) is 0.381. The molecule has 1 rings (SSSR count). The van der Waals surface area contributed by atoms with E-state index in [1.54, 1.807) is 0 Å². The molecule has 2 heteroatoms. The van der Waals surface area contributed by atoms with Crippen molar-refractivity contribution in [3.8, 4) is 0 Å². The normalized spacial score (nSPS) is 11.1. The molecule has 0 bridgehead atoms. The monoisotopic (exact) mass is 309 g/mol. The molecule has 1 aromatic heterocycles. The SMILES string of the molecule is CCCCCCCCCCCCNCCCc1cccs1. The molecule has 0 amide bonds. The zero-order valence-corrected chi connectivity index (χ0v) is 14.9. The van der Waals surface area contributed by atoms with Gasteiger partial charge in [0.2, 0.25) is 0 Å². The Hall–Kier alpha value is -0.340. The average Bonchev–Trinajstić information content (AvgIpc) is 3.01. The van der Waals surface area contributed by atoms with Gasteiger partial charge in [0.25, 0.3) is 0 Å². The summed E-state index contributed by atoms with van der Waals surface area (Å²) < 4.78 is 0. The maximum Gasteiger partial charge on any atom is 0.00457 e. The highest BCUT2D eigenvalue weighted by Gasteiger charge is 1.95. The smallest absolute Gasteiger partial charge is 0.00457 e. The molecule has 21 heavy (non-hydrogen) atoms. The van der Waals surface area contributed by atoms with Gasteiger partial charge in [-0.3, -0.25) is 0 Å². The van der Waals surface area contributed by atoms with Crippen molar-refractivity contribution >= 4 is 11.3 Å². The van der Waals surface area contributed by atoms with Gasteiger partial charge in [-0.1, -0.05) is 70.8 Å². The maximum atomic E-state index is 3.58. The summed E-state index contributed by atoms with van der Waals surface area (Å²) in [6.45, 7) is 4.67. The summed E-state index contributed by atoms with van der Waals surface area (Å²) >= 11 is 1.88. The Bertz CT molecular complexity index is 295. The molecule has 0 aliphatic carbocycles. The molecule has 0 aliphatic heterocycles. The van der Waals surface area contributed by atoms with E-state index in [0.717, 1.165) is 0 Å². The molecule has 0 unspecified atom stereocenters. The van der Waals surface area contributed by atoms with Crippen molar-refractivity contribution in [2.75, 3.05) is 13.1 Å². The summed E-state index contributed by atoms with van der Waals surface area (Å²) in [6, 6.07) is 4.39. The van der Waals surface area contributed by atoms with E-state index in [-0.39, 0.29) is 0 Å². The average molecular weight is 310 g/mol. The van der Waals surface area contributed by atoms with E-state index < -0.39 is 0 Å². The molecule has 1 N–H and O–H groups in total. The third-order valence-corrected chi connectivity index (χ3v) is 5.00. The Morgan fingerprint density at radius 1 is 0.810 bits per heavy atom. The minimum absolute atomic E-state index is 1.18. The van der Waals surface area contributed by atoms with E-state index in [1.165, 1.54) is 95.0 Å². The van der Waals surface area contributed by atoms with Crippen LogP contribution >= 0.6 is 11.3 Å². The van der Waals surface area contributed by atoms with Crippen molar-refractivity contribution in [1.29, 1.82) is 0 Å². The van der Waals surface area contributed by atoms with Crippen LogP contribution in [-0.4, -0.2) is 13.1 Å². The van der Waals surface area contributed by atoms with Crippen molar-refractivity contribution in [2.24, 2.45) is 0 Å². The number of thiophene rings is 1. The highest BCUT2D eigenvalue weighted by molar-refractivity contribution is 7.09. The molecule has 122 valence electrons. The zero-order valence-electron chi connectivity index (χ0n) is 14.0. The van der Waals surface area contributed by atoms with Gasteiger partial charge in [0.15, 0.2) is 0 Å². The van der Waals surface area contributed by atoms with Crippen LogP contribution in [0.1, 0.15) is 82.4 Å². The standard InChI is InChI=1S/C19H35NS/c1-2-3-4-5-6-7-8-9-10-11-16-20-17-12-14-19-15-13-18-21-19/h13,15,18,20H,2-12,14,16-17H2,1H3. The van der Waals surface area contributed by atoms with Gasteiger partial charge < -0.3 is 5.32 Å². The number of rotatable bonds is 15. The fraction of sp³-hybridized carbons (Fsp3) is 0.789. The van der Waals surface area contributed by atoms with Crippen LogP contribution in [-0.2, 0) is 6.42 Å². The van der Waals surface area contributed by atoms with Crippen molar-refractivity contribution in [3.05, 3.63) is 22.4 Å². The molecule has 0 spiro atoms. The van der Waals surface area contributed by atoms with Crippen LogP contribution in [0.3, 0.4) is 0 Å². The first kappa shape index (κ1) is 18.7. The summed E-state index contributed by atoms with van der Waals surface area (Å²) in [4.78, 5) is 1.52. The number of nitrogens with one attached hydrogen (secondary N) is 1. The summed E-state index contributed by atoms with van der Waals surface area (Å²) in [5, 5.41) is 5.75. The molecular formula is C19H35NS. The number of aryl methyl sites for hydroxylation is 1. The number of unbranched alkanes of at least 4 members (excludes halogenated alkanes) is 9. The molecular weight excluding hydrogens is 274 g/mol. The van der Waals surface area contributed by atoms with Crippen molar-refractivity contribution in [1.82, 2.24) is 5.32 Å². The Labute approximate surface area is 136 Å². The van der Waals surface area contributed by atoms with E-state index in [4.69, 9.17) is 0 Å². The van der Waals surface area contributed by atoms with Gasteiger partial charge in [0, 0.05) is 4.88 Å². The lowest BCUT2D eigenvalue weighted by molar-refractivity contribution is 0.541. The molecule has 0 aromatic carbocycles. The third kappa shape index (κ3) is 11.9. The van der Waals surface area contributed by atoms with Crippen LogP contribution in [0.15, 0.2) is 17.5 Å². The molecule has 0 saturated heterocycles. The lowest BCUT2D eigenvalue weighted by Crippen LogP contribution is -2.17. The summed E-state index contributed by atoms with van der Waals surface area (Å²) in [5.74, 6) is 0. The first-order chi connectivity index (χ1) is 10.4. The Morgan fingerprint density at radius 2 is 1.43 bits per heavy atom. The predicted octanol–water partition coefficient (Wildman–Crippen LogP) is 6.19. The topological polar surface area (TPSA) is 12.0 Å².